The van der Waals surface area contributed by atoms with E-state index in [1.54, 1.807) is 42.5 Å². The van der Waals surface area contributed by atoms with Gasteiger partial charge in [-0.15, -0.1) is 0 Å². The minimum atomic E-state index is -1.07. The Morgan fingerprint density at radius 2 is 1.78 bits per heavy atom. The predicted octanol–water partition coefficient (Wildman–Crippen LogP) is 5.52. The number of ether oxygens (including phenoxy) is 3. The van der Waals surface area contributed by atoms with Gasteiger partial charge in [-0.25, -0.2) is 4.39 Å². The molecule has 1 saturated heterocycles. The number of aliphatic hydroxyl groups is 1. The molecule has 0 saturated carbocycles. The third kappa shape index (κ3) is 4.47. The van der Waals surface area contributed by atoms with Crippen molar-refractivity contribution in [2.24, 2.45) is 0 Å². The maximum absolute atomic E-state index is 13.9. The Morgan fingerprint density at radius 3 is 2.44 bits per heavy atom. The smallest absolute Gasteiger partial charge is 0.300 e. The Labute approximate surface area is 212 Å². The molecule has 0 aromatic heterocycles. The zero-order chi connectivity index (χ0) is 26.0. The minimum absolute atomic E-state index is 0.152. The number of aliphatic hydroxyl groups excluding tert-OH is 1. The molecule has 3 aromatic carbocycles. The molecule has 0 spiro atoms. The number of amides is 1. The van der Waals surface area contributed by atoms with Crippen molar-refractivity contribution in [1.82, 2.24) is 0 Å². The van der Waals surface area contributed by atoms with Crippen molar-refractivity contribution >= 4 is 34.7 Å². The van der Waals surface area contributed by atoms with Gasteiger partial charge in [-0.1, -0.05) is 29.8 Å². The Kier molecular flexibility index (Phi) is 7.17. The summed E-state index contributed by atoms with van der Waals surface area (Å²) in [7, 11) is 2.94. The Hall–Kier alpha value is -4.04. The Balaban J connectivity index is 1.96. The lowest BCUT2D eigenvalue weighted by atomic mass is 9.94. The maximum atomic E-state index is 13.9. The number of carbonyl (C=O) groups excluding carboxylic acids is 2. The number of benzene rings is 3. The van der Waals surface area contributed by atoms with Crippen molar-refractivity contribution in [2.75, 3.05) is 25.7 Å². The molecule has 9 heteroatoms. The summed E-state index contributed by atoms with van der Waals surface area (Å²) in [6.45, 7) is 2.23. The molecule has 4 rings (SSSR count). The van der Waals surface area contributed by atoms with Crippen LogP contribution < -0.4 is 19.1 Å². The first-order valence-electron chi connectivity index (χ1n) is 11.0. The van der Waals surface area contributed by atoms with E-state index in [9.17, 15) is 19.1 Å². The Morgan fingerprint density at radius 1 is 1.03 bits per heavy atom. The highest BCUT2D eigenvalue weighted by Crippen LogP contribution is 2.44. The maximum Gasteiger partial charge on any atom is 0.300 e. The molecule has 1 unspecified atom stereocenters. The van der Waals surface area contributed by atoms with Crippen molar-refractivity contribution in [3.05, 3.63) is 88.2 Å². The second-order valence-corrected chi connectivity index (χ2v) is 8.25. The quantitative estimate of drug-likeness (QED) is 0.255. The largest absolute Gasteiger partial charge is 0.507 e. The fraction of sp³-hybridized carbons (Fsp3) is 0.185. The van der Waals surface area contributed by atoms with E-state index in [0.717, 1.165) is 6.07 Å². The van der Waals surface area contributed by atoms with Crippen LogP contribution in [0.3, 0.4) is 0 Å². The van der Waals surface area contributed by atoms with E-state index in [1.807, 2.05) is 6.92 Å². The second kappa shape index (κ2) is 10.3. The van der Waals surface area contributed by atoms with Crippen LogP contribution in [0.5, 0.6) is 17.2 Å². The molecule has 0 bridgehead atoms. The second-order valence-electron chi connectivity index (χ2n) is 7.84. The van der Waals surface area contributed by atoms with E-state index in [4.69, 9.17) is 25.8 Å². The summed E-state index contributed by atoms with van der Waals surface area (Å²) in [4.78, 5) is 27.8. The summed E-state index contributed by atoms with van der Waals surface area (Å²) in [5.41, 5.74) is 0.781. The lowest BCUT2D eigenvalue weighted by Crippen LogP contribution is -2.29. The summed E-state index contributed by atoms with van der Waals surface area (Å²) in [5, 5.41) is 11.1. The van der Waals surface area contributed by atoms with E-state index < -0.39 is 23.5 Å². The number of hydrogen-bond acceptors (Lipinski definition) is 6. The van der Waals surface area contributed by atoms with Crippen LogP contribution >= 0.6 is 11.6 Å². The number of Topliss-reactive ketones (excluding diaryl/α,β-unsaturated/α-hetero) is 1. The summed E-state index contributed by atoms with van der Waals surface area (Å²) in [6.07, 6.45) is 0. The van der Waals surface area contributed by atoms with Crippen molar-refractivity contribution < 1.29 is 33.3 Å². The molecule has 186 valence electrons. The molecule has 1 fully saturated rings. The number of nitrogens with zero attached hydrogens (tertiary/aromatic N) is 1. The molecule has 1 aliphatic rings. The summed E-state index contributed by atoms with van der Waals surface area (Å²) >= 11 is 5.99. The zero-order valence-electron chi connectivity index (χ0n) is 19.7. The van der Waals surface area contributed by atoms with Gasteiger partial charge >= 0.3 is 0 Å². The highest BCUT2D eigenvalue weighted by Gasteiger charge is 2.47. The number of hydrogen-bond donors (Lipinski definition) is 1. The number of halogens is 2. The molecule has 7 nitrogen and oxygen atoms in total. The first-order valence-corrected chi connectivity index (χ1v) is 11.4. The molecular weight excluding hydrogens is 489 g/mol. The third-order valence-corrected chi connectivity index (χ3v) is 6.06. The highest BCUT2D eigenvalue weighted by atomic mass is 35.5. The van der Waals surface area contributed by atoms with Gasteiger partial charge in [-0.3, -0.25) is 14.5 Å². The van der Waals surface area contributed by atoms with Gasteiger partial charge in [0.2, 0.25) is 0 Å². The van der Waals surface area contributed by atoms with Crippen LogP contribution in [0.25, 0.3) is 5.76 Å². The molecule has 1 N–H and O–H groups in total. The van der Waals surface area contributed by atoms with Crippen LogP contribution in [0.1, 0.15) is 24.1 Å². The molecule has 1 atom stereocenters. The summed E-state index contributed by atoms with van der Waals surface area (Å²) < 4.78 is 30.1. The van der Waals surface area contributed by atoms with Gasteiger partial charge in [0.1, 0.15) is 17.3 Å². The molecule has 0 aliphatic carbocycles. The number of carbonyl (C=O) groups is 2. The number of methoxy groups -OCH3 is 2. The third-order valence-electron chi connectivity index (χ3n) is 5.77. The molecule has 0 radical (unpaired) electrons. The van der Waals surface area contributed by atoms with Crippen LogP contribution in [-0.2, 0) is 9.59 Å². The number of rotatable bonds is 7. The van der Waals surface area contributed by atoms with Gasteiger partial charge < -0.3 is 19.3 Å². The van der Waals surface area contributed by atoms with Crippen LogP contribution in [-0.4, -0.2) is 37.6 Å². The SMILES string of the molecule is CCOc1cccc(/C(O)=C2\C(=O)C(=O)N(c3ccc(F)c(Cl)c3)C2c2ccc(OC)c(OC)c2)c1. The lowest BCUT2D eigenvalue weighted by Gasteiger charge is -2.26. The molecule has 1 amide bonds. The Bertz CT molecular complexity index is 1370. The van der Waals surface area contributed by atoms with Gasteiger partial charge in [-0.2, -0.15) is 0 Å². The number of anilines is 1. The van der Waals surface area contributed by atoms with Crippen molar-refractivity contribution in [3.63, 3.8) is 0 Å². The topological polar surface area (TPSA) is 85.3 Å². The van der Waals surface area contributed by atoms with E-state index in [0.29, 0.717) is 35.0 Å². The monoisotopic (exact) mass is 511 g/mol. The summed E-state index contributed by atoms with van der Waals surface area (Å²) in [5.74, 6) is -1.58. The van der Waals surface area contributed by atoms with Crippen LogP contribution in [0.4, 0.5) is 10.1 Å². The average Bonchev–Trinajstić information content (AvgIpc) is 3.15. The number of ketones is 1. The average molecular weight is 512 g/mol. The van der Waals surface area contributed by atoms with Gasteiger partial charge in [0, 0.05) is 11.3 Å². The highest BCUT2D eigenvalue weighted by molar-refractivity contribution is 6.51. The molecule has 3 aromatic rings. The van der Waals surface area contributed by atoms with E-state index >= 15 is 0 Å². The van der Waals surface area contributed by atoms with Gasteiger partial charge in [-0.05, 0) is 55.0 Å². The normalized spacial score (nSPS) is 16.8. The van der Waals surface area contributed by atoms with Crippen molar-refractivity contribution in [2.45, 2.75) is 13.0 Å². The molecular formula is C27H23ClFNO6. The van der Waals surface area contributed by atoms with Crippen LogP contribution in [0.15, 0.2) is 66.2 Å². The van der Waals surface area contributed by atoms with Gasteiger partial charge in [0.05, 0.1) is 37.5 Å². The van der Waals surface area contributed by atoms with Crippen molar-refractivity contribution in [1.29, 1.82) is 0 Å². The first-order chi connectivity index (χ1) is 17.3. The molecule has 1 heterocycles. The molecule has 36 heavy (non-hydrogen) atoms. The van der Waals surface area contributed by atoms with E-state index in [1.165, 1.54) is 31.3 Å². The minimum Gasteiger partial charge on any atom is -0.507 e. The zero-order valence-corrected chi connectivity index (χ0v) is 20.5. The van der Waals surface area contributed by atoms with Crippen LogP contribution in [0.2, 0.25) is 5.02 Å². The summed E-state index contributed by atoms with van der Waals surface area (Å²) in [6, 6.07) is 14.1. The van der Waals surface area contributed by atoms with Crippen molar-refractivity contribution in [3.8, 4) is 17.2 Å². The van der Waals surface area contributed by atoms with E-state index in [2.05, 4.69) is 0 Å². The van der Waals surface area contributed by atoms with E-state index in [-0.39, 0.29) is 22.0 Å². The fourth-order valence-electron chi connectivity index (χ4n) is 4.13. The lowest BCUT2D eigenvalue weighted by molar-refractivity contribution is -0.132. The fourth-order valence-corrected chi connectivity index (χ4v) is 4.30. The molecule has 1 aliphatic heterocycles. The predicted molar refractivity (Wildman–Crippen MR) is 133 cm³/mol. The van der Waals surface area contributed by atoms with Crippen LogP contribution in [0, 0.1) is 5.82 Å². The standard InChI is InChI=1S/C27H23ClFNO6/c1-4-36-18-7-5-6-16(12-18)25(31)23-24(15-8-11-21(34-2)22(13-15)35-3)30(27(33)26(23)32)17-9-10-20(29)19(28)14-17/h5-14,24,31H,4H2,1-3H3/b25-23+. The first kappa shape index (κ1) is 25.1. The van der Waals surface area contributed by atoms with Gasteiger partial charge in [0.25, 0.3) is 11.7 Å². The van der Waals surface area contributed by atoms with Gasteiger partial charge in [0.15, 0.2) is 11.5 Å².